The Labute approximate surface area is 235 Å². The number of carbonyl (C=O) groups excluding carboxylic acids is 1. The van der Waals surface area contributed by atoms with Crippen molar-refractivity contribution in [2.45, 2.75) is 45.4 Å². The Kier molecular flexibility index (Phi) is 8.01. The van der Waals surface area contributed by atoms with Crippen molar-refractivity contribution in [3.05, 3.63) is 70.8 Å². The Morgan fingerprint density at radius 3 is 2.71 bits per heavy atom. The maximum atomic E-state index is 13.2. The molecule has 216 valence electrons. The molecule has 5 rings (SSSR count). The number of imidazole rings is 1. The molecule has 1 unspecified atom stereocenters. The zero-order valence-electron chi connectivity index (χ0n) is 23.0. The van der Waals surface area contributed by atoms with Gasteiger partial charge in [0, 0.05) is 48.2 Å². The second-order valence-corrected chi connectivity index (χ2v) is 10.2. The number of nitrogens with zero attached hydrogens (tertiary/aromatic N) is 4. The van der Waals surface area contributed by atoms with Crippen molar-refractivity contribution in [3.8, 4) is 11.1 Å². The van der Waals surface area contributed by atoms with Crippen LogP contribution in [0.2, 0.25) is 0 Å². The summed E-state index contributed by atoms with van der Waals surface area (Å²) < 4.78 is 47.2. The number of hydrogen-bond donors (Lipinski definition) is 2. The number of morpholine rings is 1. The Morgan fingerprint density at radius 2 is 2.02 bits per heavy atom. The van der Waals surface area contributed by atoms with Crippen LogP contribution in [0.1, 0.15) is 30.3 Å². The lowest BCUT2D eigenvalue weighted by Crippen LogP contribution is -2.36. The second kappa shape index (κ2) is 11.5. The van der Waals surface area contributed by atoms with Crippen molar-refractivity contribution in [2.24, 2.45) is 4.99 Å². The number of carbonyl (C=O) groups is 1. The van der Waals surface area contributed by atoms with Gasteiger partial charge in [-0.3, -0.25) is 9.79 Å². The number of fused-ring (bicyclic) bond motifs is 3. The van der Waals surface area contributed by atoms with E-state index >= 15 is 0 Å². The summed E-state index contributed by atoms with van der Waals surface area (Å²) in [4.78, 5) is 23.2. The van der Waals surface area contributed by atoms with Gasteiger partial charge in [-0.25, -0.2) is 4.98 Å². The molecular formula is C30H32F3N5O3. The molecule has 41 heavy (non-hydrogen) atoms. The molecule has 2 aliphatic rings. The number of allylic oxidation sites excluding steroid dienone is 2. The van der Waals surface area contributed by atoms with E-state index in [9.17, 15) is 23.1 Å². The smallest absolute Gasteiger partial charge is 0.393 e. The number of halogens is 3. The first-order valence-corrected chi connectivity index (χ1v) is 13.5. The van der Waals surface area contributed by atoms with Crippen LogP contribution in [0.25, 0.3) is 16.8 Å². The standard InChI is InChI=1S/C30H32F3N5O3/c1-4-19(14-27(34-3)30(31,32)33)29(40)35-21-6-5-18(2)23(15-21)20-13-26(37-9-11-41-12-10-37)28-36-24-8-7-22(39)16-25(24)38(28)17-20/h4-6,13-15,17,22,39H,3,7-12,16H2,1-2H3,(H,35,40)/b19-4+,27-14-. The van der Waals surface area contributed by atoms with E-state index in [1.807, 2.05) is 25.3 Å². The van der Waals surface area contributed by atoms with E-state index in [0.29, 0.717) is 57.3 Å². The largest absolute Gasteiger partial charge is 0.433 e. The topological polar surface area (TPSA) is 91.5 Å². The third kappa shape index (κ3) is 5.91. The minimum atomic E-state index is -4.73. The highest BCUT2D eigenvalue weighted by atomic mass is 19.4. The molecular weight excluding hydrogens is 535 g/mol. The molecule has 2 aromatic heterocycles. The van der Waals surface area contributed by atoms with Gasteiger partial charge in [0.05, 0.1) is 30.7 Å². The SMILES string of the molecule is C=N/C(=C\C(=C/C)C(=O)Nc1ccc(C)c(-c2cc(N3CCOCC3)c3nc4c(n3c2)CC(O)CC4)c1)C(F)(F)F. The van der Waals surface area contributed by atoms with Gasteiger partial charge in [-0.2, -0.15) is 13.2 Å². The second-order valence-electron chi connectivity index (χ2n) is 10.2. The van der Waals surface area contributed by atoms with E-state index in [4.69, 9.17) is 9.72 Å². The summed E-state index contributed by atoms with van der Waals surface area (Å²) in [5, 5.41) is 13.1. The van der Waals surface area contributed by atoms with Crippen molar-refractivity contribution >= 4 is 29.6 Å². The number of aromatic nitrogens is 2. The molecule has 1 aliphatic heterocycles. The molecule has 0 spiro atoms. The summed E-state index contributed by atoms with van der Waals surface area (Å²) in [5.74, 6) is -0.699. The number of ether oxygens (including phenoxy) is 1. The fourth-order valence-corrected chi connectivity index (χ4v) is 5.31. The summed E-state index contributed by atoms with van der Waals surface area (Å²) in [6.07, 6.45) is 0.703. The van der Waals surface area contributed by atoms with Crippen LogP contribution in [-0.2, 0) is 22.4 Å². The summed E-state index contributed by atoms with van der Waals surface area (Å²) in [6.45, 7) is 9.06. The lowest BCUT2D eigenvalue weighted by atomic mass is 9.98. The molecule has 1 aliphatic carbocycles. The molecule has 1 atom stereocenters. The number of benzene rings is 1. The molecule has 3 heterocycles. The van der Waals surface area contributed by atoms with Crippen molar-refractivity contribution in [3.63, 3.8) is 0 Å². The lowest BCUT2D eigenvalue weighted by Gasteiger charge is -2.29. The van der Waals surface area contributed by atoms with E-state index in [1.54, 1.807) is 6.07 Å². The molecule has 8 nitrogen and oxygen atoms in total. The third-order valence-corrected chi connectivity index (χ3v) is 7.51. The van der Waals surface area contributed by atoms with Gasteiger partial charge in [-0.05, 0) is 68.8 Å². The zero-order valence-corrected chi connectivity index (χ0v) is 23.0. The van der Waals surface area contributed by atoms with E-state index < -0.39 is 23.9 Å². The number of aliphatic hydroxyl groups excluding tert-OH is 1. The molecule has 0 radical (unpaired) electrons. The molecule has 2 N–H and O–H groups in total. The predicted octanol–water partition coefficient (Wildman–Crippen LogP) is 5.03. The van der Waals surface area contributed by atoms with E-state index in [1.165, 1.54) is 13.0 Å². The highest BCUT2D eigenvalue weighted by Crippen LogP contribution is 2.35. The van der Waals surface area contributed by atoms with Gasteiger partial charge in [0.25, 0.3) is 5.91 Å². The molecule has 1 aromatic carbocycles. The quantitative estimate of drug-likeness (QED) is 0.248. The molecule has 0 bridgehead atoms. The van der Waals surface area contributed by atoms with Crippen LogP contribution in [0.3, 0.4) is 0 Å². The summed E-state index contributed by atoms with van der Waals surface area (Å²) in [7, 11) is 0. The maximum Gasteiger partial charge on any atom is 0.433 e. The maximum absolute atomic E-state index is 13.2. The van der Waals surface area contributed by atoms with Crippen LogP contribution in [-0.4, -0.2) is 65.7 Å². The van der Waals surface area contributed by atoms with Gasteiger partial charge in [-0.15, -0.1) is 0 Å². The van der Waals surface area contributed by atoms with E-state index in [0.717, 1.165) is 39.4 Å². The number of aryl methyl sites for hydroxylation is 2. The predicted molar refractivity (Wildman–Crippen MR) is 153 cm³/mol. The Balaban J connectivity index is 1.55. The normalized spacial score (nSPS) is 18.4. The number of aliphatic hydroxyl groups is 1. The number of amides is 1. The first-order valence-electron chi connectivity index (χ1n) is 13.5. The lowest BCUT2D eigenvalue weighted by molar-refractivity contribution is -0.112. The number of nitrogens with one attached hydrogen (secondary N) is 1. The summed E-state index contributed by atoms with van der Waals surface area (Å²) in [5.41, 5.74) is 5.43. The molecule has 1 fully saturated rings. The zero-order chi connectivity index (χ0) is 29.3. The van der Waals surface area contributed by atoms with Crippen LogP contribution in [0, 0.1) is 6.92 Å². The van der Waals surface area contributed by atoms with Crippen LogP contribution in [0.5, 0.6) is 0 Å². The molecule has 1 saturated heterocycles. The van der Waals surface area contributed by atoms with Crippen molar-refractivity contribution in [1.82, 2.24) is 9.38 Å². The van der Waals surface area contributed by atoms with E-state index in [-0.39, 0.29) is 5.57 Å². The monoisotopic (exact) mass is 567 g/mol. The van der Waals surface area contributed by atoms with Gasteiger partial charge < -0.3 is 24.5 Å². The number of anilines is 2. The molecule has 3 aromatic rings. The number of alkyl halides is 3. The average molecular weight is 568 g/mol. The fraction of sp³-hybridized carbons (Fsp3) is 0.367. The molecule has 11 heteroatoms. The van der Waals surface area contributed by atoms with Crippen LogP contribution in [0.15, 0.2) is 58.9 Å². The van der Waals surface area contributed by atoms with Crippen LogP contribution >= 0.6 is 0 Å². The number of aliphatic imine (C=N–C) groups is 1. The first kappa shape index (κ1) is 28.6. The van der Waals surface area contributed by atoms with E-state index in [2.05, 4.69) is 32.4 Å². The van der Waals surface area contributed by atoms with Gasteiger partial charge in [0.1, 0.15) is 5.70 Å². The first-order chi connectivity index (χ1) is 19.6. The summed E-state index contributed by atoms with van der Waals surface area (Å²) in [6, 6.07) is 7.45. The molecule has 0 saturated carbocycles. The average Bonchev–Trinajstić information content (AvgIpc) is 3.31. The highest BCUT2D eigenvalue weighted by Gasteiger charge is 2.34. The Bertz CT molecular complexity index is 1550. The van der Waals surface area contributed by atoms with Crippen LogP contribution in [0.4, 0.5) is 24.5 Å². The Hall–Kier alpha value is -3.96. The van der Waals surface area contributed by atoms with Gasteiger partial charge in [-0.1, -0.05) is 12.1 Å². The minimum absolute atomic E-state index is 0.188. The minimum Gasteiger partial charge on any atom is -0.393 e. The third-order valence-electron chi connectivity index (χ3n) is 7.51. The van der Waals surface area contributed by atoms with Crippen molar-refractivity contribution < 1.29 is 27.8 Å². The van der Waals surface area contributed by atoms with Crippen molar-refractivity contribution in [1.29, 1.82) is 0 Å². The molecule has 1 amide bonds. The fourth-order valence-electron chi connectivity index (χ4n) is 5.31. The van der Waals surface area contributed by atoms with Gasteiger partial charge >= 0.3 is 6.18 Å². The van der Waals surface area contributed by atoms with Gasteiger partial charge in [0.15, 0.2) is 5.65 Å². The highest BCUT2D eigenvalue weighted by molar-refractivity contribution is 6.06. The van der Waals surface area contributed by atoms with Crippen molar-refractivity contribution in [2.75, 3.05) is 36.5 Å². The summed E-state index contributed by atoms with van der Waals surface area (Å²) >= 11 is 0. The Morgan fingerprint density at radius 1 is 1.27 bits per heavy atom. The number of rotatable bonds is 6. The number of hydrogen-bond acceptors (Lipinski definition) is 6. The number of pyridine rings is 1. The van der Waals surface area contributed by atoms with Crippen LogP contribution < -0.4 is 10.2 Å². The van der Waals surface area contributed by atoms with Gasteiger partial charge in [0.2, 0.25) is 0 Å².